The molecule has 1 amide bonds. The molecule has 0 spiro atoms. The quantitative estimate of drug-likeness (QED) is 0.329. The van der Waals surface area contributed by atoms with E-state index in [4.69, 9.17) is 12.6 Å². The Balaban J connectivity index is 0.00000341. The van der Waals surface area contributed by atoms with E-state index < -0.39 is 12.0 Å². The van der Waals surface area contributed by atoms with E-state index in [9.17, 15) is 14.7 Å². The zero-order valence-electron chi connectivity index (χ0n) is 17.5. The molecule has 0 radical (unpaired) electrons. The van der Waals surface area contributed by atoms with Gasteiger partial charge in [-0.2, -0.15) is 0 Å². The Labute approximate surface area is 228 Å². The minimum absolute atomic E-state index is 0. The van der Waals surface area contributed by atoms with Gasteiger partial charge in [0.05, 0.1) is 5.69 Å². The molecule has 0 saturated heterocycles. The number of aliphatic carboxylic acids is 1. The maximum Gasteiger partial charge on any atom is 1.00 e. The SMILES string of the molecule is Cc1ccc(N(CCC(=O)Nc2cccc(-n3nnnc3[S-])c2)C(C)C(=O)O)cc1.[K+]. The molecule has 1 aromatic heterocycles. The van der Waals surface area contributed by atoms with Crippen molar-refractivity contribution in [2.24, 2.45) is 0 Å². The Kier molecular flexibility index (Phi) is 9.53. The number of aromatic nitrogens is 4. The largest absolute Gasteiger partial charge is 1.00 e. The second-order valence-electron chi connectivity index (χ2n) is 6.76. The fraction of sp³-hybridized carbons (Fsp3) is 0.250. The van der Waals surface area contributed by atoms with E-state index in [0.29, 0.717) is 11.4 Å². The van der Waals surface area contributed by atoms with Gasteiger partial charge in [0.1, 0.15) is 6.04 Å². The molecular formula is C20H21KN6O3S. The van der Waals surface area contributed by atoms with Crippen LogP contribution in [0.5, 0.6) is 0 Å². The first kappa shape index (κ1) is 25.4. The predicted octanol–water partition coefficient (Wildman–Crippen LogP) is -0.811. The molecule has 2 N–H and O–H groups in total. The second-order valence-corrected chi connectivity index (χ2v) is 7.13. The van der Waals surface area contributed by atoms with Crippen molar-refractivity contribution < 1.29 is 66.1 Å². The number of carbonyl (C=O) groups is 2. The topological polar surface area (TPSA) is 113 Å². The first-order valence-corrected chi connectivity index (χ1v) is 9.68. The van der Waals surface area contributed by atoms with Crippen molar-refractivity contribution in [3.63, 3.8) is 0 Å². The number of carboxylic acids is 1. The van der Waals surface area contributed by atoms with Crippen LogP contribution in [0.2, 0.25) is 0 Å². The molecule has 9 nitrogen and oxygen atoms in total. The van der Waals surface area contributed by atoms with E-state index in [1.54, 1.807) is 36.1 Å². The van der Waals surface area contributed by atoms with Gasteiger partial charge in [-0.05, 0) is 54.6 Å². The van der Waals surface area contributed by atoms with E-state index in [0.717, 1.165) is 11.3 Å². The van der Waals surface area contributed by atoms with Gasteiger partial charge in [-0.3, -0.25) is 4.79 Å². The van der Waals surface area contributed by atoms with Crippen LogP contribution in [0.25, 0.3) is 5.69 Å². The Morgan fingerprint density at radius 2 is 1.94 bits per heavy atom. The van der Waals surface area contributed by atoms with Crippen molar-refractivity contribution in [3.8, 4) is 5.69 Å². The van der Waals surface area contributed by atoms with Crippen molar-refractivity contribution in [1.29, 1.82) is 0 Å². The van der Waals surface area contributed by atoms with Crippen LogP contribution in [0.4, 0.5) is 11.4 Å². The van der Waals surface area contributed by atoms with Crippen LogP contribution >= 0.6 is 0 Å². The maximum atomic E-state index is 12.5. The molecule has 0 fully saturated rings. The number of amides is 1. The van der Waals surface area contributed by atoms with Gasteiger partial charge in [-0.25, -0.2) is 9.48 Å². The summed E-state index contributed by atoms with van der Waals surface area (Å²) in [6, 6.07) is 13.7. The monoisotopic (exact) mass is 464 g/mol. The van der Waals surface area contributed by atoms with Gasteiger partial charge in [-0.1, -0.05) is 23.8 Å². The first-order valence-electron chi connectivity index (χ1n) is 9.27. The van der Waals surface area contributed by atoms with Gasteiger partial charge in [-0.15, -0.1) is 5.10 Å². The van der Waals surface area contributed by atoms with Gasteiger partial charge in [0.15, 0.2) is 0 Å². The number of hydrogen-bond acceptors (Lipinski definition) is 7. The van der Waals surface area contributed by atoms with Gasteiger partial charge in [0.25, 0.3) is 0 Å². The molecule has 1 atom stereocenters. The van der Waals surface area contributed by atoms with Crippen LogP contribution in [0.15, 0.2) is 53.7 Å². The first-order chi connectivity index (χ1) is 14.3. The minimum atomic E-state index is -0.954. The molecule has 1 unspecified atom stereocenters. The third kappa shape index (κ3) is 6.79. The molecule has 0 saturated carbocycles. The molecular weight excluding hydrogens is 443 g/mol. The number of carbonyl (C=O) groups excluding carboxylic acids is 1. The summed E-state index contributed by atoms with van der Waals surface area (Å²) in [6.45, 7) is 3.81. The molecule has 2 aromatic carbocycles. The Morgan fingerprint density at radius 3 is 2.55 bits per heavy atom. The molecule has 3 aromatic rings. The molecule has 31 heavy (non-hydrogen) atoms. The number of anilines is 2. The van der Waals surface area contributed by atoms with E-state index in [2.05, 4.69) is 20.8 Å². The number of aryl methyl sites for hydroxylation is 1. The molecule has 0 aliphatic rings. The zero-order valence-corrected chi connectivity index (χ0v) is 21.5. The van der Waals surface area contributed by atoms with Crippen molar-refractivity contribution in [3.05, 3.63) is 54.1 Å². The summed E-state index contributed by atoms with van der Waals surface area (Å²) >= 11 is 5.05. The maximum absolute atomic E-state index is 12.5. The summed E-state index contributed by atoms with van der Waals surface area (Å²) in [5.74, 6) is -1.19. The van der Waals surface area contributed by atoms with Crippen LogP contribution in [0, 0.1) is 6.92 Å². The molecule has 0 aliphatic heterocycles. The van der Waals surface area contributed by atoms with Gasteiger partial charge in [0, 0.05) is 29.5 Å². The molecule has 0 aliphatic carbocycles. The van der Waals surface area contributed by atoms with Crippen molar-refractivity contribution in [2.75, 3.05) is 16.8 Å². The van der Waals surface area contributed by atoms with Crippen LogP contribution in [-0.4, -0.2) is 49.8 Å². The molecule has 3 rings (SSSR count). The molecule has 11 heteroatoms. The minimum Gasteiger partial charge on any atom is -0.738 e. The molecule has 156 valence electrons. The van der Waals surface area contributed by atoms with E-state index >= 15 is 0 Å². The summed E-state index contributed by atoms with van der Waals surface area (Å²) < 4.78 is 1.39. The van der Waals surface area contributed by atoms with Gasteiger partial charge >= 0.3 is 57.4 Å². The average Bonchev–Trinajstić information content (AvgIpc) is 3.15. The third-order valence-electron chi connectivity index (χ3n) is 4.59. The zero-order chi connectivity index (χ0) is 21.7. The number of benzene rings is 2. The third-order valence-corrected chi connectivity index (χ3v) is 4.84. The van der Waals surface area contributed by atoms with Crippen molar-refractivity contribution >= 4 is 35.9 Å². The van der Waals surface area contributed by atoms with Gasteiger partial charge in [0.2, 0.25) is 5.91 Å². The van der Waals surface area contributed by atoms with Crippen LogP contribution in [0.1, 0.15) is 18.9 Å². The van der Waals surface area contributed by atoms with Gasteiger partial charge < -0.3 is 28.0 Å². The Morgan fingerprint density at radius 1 is 1.23 bits per heavy atom. The number of rotatable bonds is 8. The fourth-order valence-electron chi connectivity index (χ4n) is 2.92. The van der Waals surface area contributed by atoms with Crippen LogP contribution in [-0.2, 0) is 22.2 Å². The number of hydrogen-bond donors (Lipinski definition) is 2. The Hall–Kier alpha value is -1.89. The number of carboxylic acid groups (broad SMARTS) is 1. The van der Waals surface area contributed by atoms with Crippen molar-refractivity contribution in [1.82, 2.24) is 20.2 Å². The van der Waals surface area contributed by atoms with Crippen LogP contribution in [0.3, 0.4) is 0 Å². The summed E-state index contributed by atoms with van der Waals surface area (Å²) in [5, 5.41) is 23.5. The van der Waals surface area contributed by atoms with Crippen molar-refractivity contribution in [2.45, 2.75) is 31.5 Å². The van der Waals surface area contributed by atoms with E-state index in [-0.39, 0.29) is 75.4 Å². The Bertz CT molecular complexity index is 1040. The normalized spacial score (nSPS) is 11.3. The van der Waals surface area contributed by atoms with E-state index in [1.807, 2.05) is 31.2 Å². The summed E-state index contributed by atoms with van der Waals surface area (Å²) in [7, 11) is 0. The smallest absolute Gasteiger partial charge is 0.738 e. The molecule has 1 heterocycles. The summed E-state index contributed by atoms with van der Waals surface area (Å²) in [6.07, 6.45) is 0.118. The number of nitrogens with zero attached hydrogens (tertiary/aromatic N) is 5. The second kappa shape index (κ2) is 11.6. The van der Waals surface area contributed by atoms with E-state index in [1.165, 1.54) is 4.68 Å². The standard InChI is InChI=1S/C20H22N6O3S.K/c1-13-6-8-16(9-7-13)25(14(2)19(28)29)11-10-18(27)21-15-4-3-5-17(12-15)26-20(30)22-23-24-26;/h3-9,12,14H,10-11H2,1-2H3,(H,21,27)(H,28,29)(H,22,24,30);/q;+1/p-1. The average molecular weight is 465 g/mol. The summed E-state index contributed by atoms with van der Waals surface area (Å²) in [5.41, 5.74) is 3.02. The number of nitrogens with one attached hydrogen (secondary N) is 1. The summed E-state index contributed by atoms with van der Waals surface area (Å²) in [4.78, 5) is 25.7. The van der Waals surface area contributed by atoms with Crippen LogP contribution < -0.4 is 61.6 Å². The fourth-order valence-corrected chi connectivity index (χ4v) is 3.10. The molecule has 0 bridgehead atoms. The predicted molar refractivity (Wildman–Crippen MR) is 114 cm³/mol. The number of tetrazole rings is 1.